The lowest BCUT2D eigenvalue weighted by atomic mass is 10.2. The van der Waals surface area contributed by atoms with Gasteiger partial charge in [-0.3, -0.25) is 0 Å². The minimum Gasteiger partial charge on any atom is -0.219 e. The molecule has 0 fully saturated rings. The highest BCUT2D eigenvalue weighted by atomic mass is 14.9. The lowest BCUT2D eigenvalue weighted by Gasteiger charge is -2.08. The number of hydrogen-bond donors (Lipinski definition) is 0. The van der Waals surface area contributed by atoms with E-state index in [0.29, 0.717) is 12.1 Å². The zero-order chi connectivity index (χ0) is 7.52. The third kappa shape index (κ3) is 1.49. The zero-order valence-electron chi connectivity index (χ0n) is 6.22. The van der Waals surface area contributed by atoms with E-state index in [-0.39, 0.29) is 0 Å². The SMILES string of the molecule is C1=CC([N]C2C=CC=C2)C=C1. The molecule has 1 radical (unpaired) electrons. The van der Waals surface area contributed by atoms with Gasteiger partial charge < -0.3 is 0 Å². The quantitative estimate of drug-likeness (QED) is 0.558. The maximum absolute atomic E-state index is 4.53. The summed E-state index contributed by atoms with van der Waals surface area (Å²) in [7, 11) is 0. The fraction of sp³-hybridized carbons (Fsp3) is 0.200. The highest BCUT2D eigenvalue weighted by molar-refractivity contribution is 5.26. The minimum absolute atomic E-state index is 0.299. The summed E-state index contributed by atoms with van der Waals surface area (Å²) in [5.74, 6) is 0. The molecular weight excluding hydrogens is 134 g/mol. The predicted molar refractivity (Wildman–Crippen MR) is 46.3 cm³/mol. The lowest BCUT2D eigenvalue weighted by molar-refractivity contribution is 0.652. The molecule has 0 amide bonds. The number of hydrogen-bond acceptors (Lipinski definition) is 0. The van der Waals surface area contributed by atoms with Crippen molar-refractivity contribution in [1.29, 1.82) is 0 Å². The Bertz CT molecular complexity index is 196. The second-order valence-electron chi connectivity index (χ2n) is 2.67. The van der Waals surface area contributed by atoms with Gasteiger partial charge in [0.2, 0.25) is 0 Å². The van der Waals surface area contributed by atoms with Gasteiger partial charge in [0.15, 0.2) is 0 Å². The van der Waals surface area contributed by atoms with Crippen molar-refractivity contribution in [3.05, 3.63) is 48.6 Å². The summed E-state index contributed by atoms with van der Waals surface area (Å²) in [5, 5.41) is 4.53. The van der Waals surface area contributed by atoms with Gasteiger partial charge in [-0.2, -0.15) is 0 Å². The van der Waals surface area contributed by atoms with Crippen LogP contribution >= 0.6 is 0 Å². The van der Waals surface area contributed by atoms with Crippen molar-refractivity contribution in [2.45, 2.75) is 12.1 Å². The second kappa shape index (κ2) is 2.89. The number of allylic oxidation sites excluding steroid dienone is 4. The van der Waals surface area contributed by atoms with Gasteiger partial charge in [-0.15, -0.1) is 0 Å². The molecule has 0 N–H and O–H groups in total. The van der Waals surface area contributed by atoms with Crippen molar-refractivity contribution in [2.75, 3.05) is 0 Å². The minimum atomic E-state index is 0.299. The van der Waals surface area contributed by atoms with Gasteiger partial charge in [0.25, 0.3) is 0 Å². The first-order chi connectivity index (χ1) is 5.45. The Morgan fingerprint density at radius 2 is 1.00 bits per heavy atom. The summed E-state index contributed by atoms with van der Waals surface area (Å²) < 4.78 is 0. The van der Waals surface area contributed by atoms with Gasteiger partial charge in [0.1, 0.15) is 0 Å². The molecule has 0 saturated carbocycles. The Labute approximate surface area is 66.8 Å². The second-order valence-corrected chi connectivity index (χ2v) is 2.67. The van der Waals surface area contributed by atoms with E-state index < -0.39 is 0 Å². The van der Waals surface area contributed by atoms with Crippen LogP contribution in [0.3, 0.4) is 0 Å². The molecule has 1 nitrogen and oxygen atoms in total. The van der Waals surface area contributed by atoms with Crippen LogP contribution in [0.5, 0.6) is 0 Å². The maximum atomic E-state index is 4.53. The summed E-state index contributed by atoms with van der Waals surface area (Å²) in [4.78, 5) is 0. The summed E-state index contributed by atoms with van der Waals surface area (Å²) in [6.07, 6.45) is 16.5. The van der Waals surface area contributed by atoms with Crippen LogP contribution in [0.25, 0.3) is 0 Å². The number of nitrogens with zero attached hydrogens (tertiary/aromatic N) is 1. The fourth-order valence-electron chi connectivity index (χ4n) is 1.24. The van der Waals surface area contributed by atoms with Gasteiger partial charge in [0, 0.05) is 0 Å². The summed E-state index contributed by atoms with van der Waals surface area (Å²) >= 11 is 0. The van der Waals surface area contributed by atoms with Crippen LogP contribution in [0.1, 0.15) is 0 Å². The van der Waals surface area contributed by atoms with E-state index in [1.807, 2.05) is 24.3 Å². The van der Waals surface area contributed by atoms with Crippen molar-refractivity contribution in [2.24, 2.45) is 0 Å². The van der Waals surface area contributed by atoms with Crippen molar-refractivity contribution < 1.29 is 0 Å². The molecule has 2 rings (SSSR count). The first kappa shape index (κ1) is 6.62. The standard InChI is InChI=1S/C10H10N/c1-2-6-9(5-1)11-10-7-3-4-8-10/h1-10H. The van der Waals surface area contributed by atoms with Gasteiger partial charge in [-0.1, -0.05) is 48.6 Å². The maximum Gasteiger partial charge on any atom is 0.0623 e. The third-order valence-corrected chi connectivity index (χ3v) is 1.80. The van der Waals surface area contributed by atoms with Crippen LogP contribution in [0.2, 0.25) is 0 Å². The molecule has 0 aromatic carbocycles. The van der Waals surface area contributed by atoms with Crippen molar-refractivity contribution in [3.8, 4) is 0 Å². The fourth-order valence-corrected chi connectivity index (χ4v) is 1.24. The van der Waals surface area contributed by atoms with E-state index >= 15 is 0 Å². The molecule has 0 aromatic rings. The average Bonchev–Trinajstić information content (AvgIpc) is 2.60. The Hall–Kier alpha value is -1.08. The number of rotatable bonds is 2. The van der Waals surface area contributed by atoms with Crippen LogP contribution in [0.15, 0.2) is 48.6 Å². The first-order valence-electron chi connectivity index (χ1n) is 3.85. The van der Waals surface area contributed by atoms with Crippen LogP contribution in [-0.4, -0.2) is 12.1 Å². The van der Waals surface area contributed by atoms with E-state index in [0.717, 1.165) is 0 Å². The normalized spacial score (nSPS) is 22.5. The molecule has 0 aromatic heterocycles. The van der Waals surface area contributed by atoms with Crippen molar-refractivity contribution >= 4 is 0 Å². The highest BCUT2D eigenvalue weighted by Gasteiger charge is 2.10. The van der Waals surface area contributed by atoms with Gasteiger partial charge in [-0.25, -0.2) is 5.32 Å². The molecule has 0 saturated heterocycles. The van der Waals surface area contributed by atoms with Gasteiger partial charge in [0.05, 0.1) is 12.1 Å². The van der Waals surface area contributed by atoms with Crippen LogP contribution < -0.4 is 5.32 Å². The third-order valence-electron chi connectivity index (χ3n) is 1.80. The topological polar surface area (TPSA) is 14.1 Å². The molecule has 0 heterocycles. The zero-order valence-corrected chi connectivity index (χ0v) is 6.22. The molecule has 2 aliphatic rings. The molecule has 0 spiro atoms. The summed E-state index contributed by atoms with van der Waals surface area (Å²) in [5.41, 5.74) is 0. The molecule has 0 aliphatic heterocycles. The van der Waals surface area contributed by atoms with Crippen LogP contribution in [0, 0.1) is 0 Å². The van der Waals surface area contributed by atoms with Crippen LogP contribution in [-0.2, 0) is 0 Å². The Kier molecular flexibility index (Phi) is 1.74. The molecule has 0 unspecified atom stereocenters. The molecule has 55 valence electrons. The Morgan fingerprint density at radius 1 is 0.636 bits per heavy atom. The smallest absolute Gasteiger partial charge is 0.0623 e. The van der Waals surface area contributed by atoms with E-state index in [9.17, 15) is 0 Å². The first-order valence-corrected chi connectivity index (χ1v) is 3.85. The monoisotopic (exact) mass is 144 g/mol. The Morgan fingerprint density at radius 3 is 1.36 bits per heavy atom. The summed E-state index contributed by atoms with van der Waals surface area (Å²) in [6, 6.07) is 0.597. The Balaban J connectivity index is 1.90. The molecule has 0 atom stereocenters. The summed E-state index contributed by atoms with van der Waals surface area (Å²) in [6.45, 7) is 0. The van der Waals surface area contributed by atoms with E-state index in [4.69, 9.17) is 0 Å². The van der Waals surface area contributed by atoms with Gasteiger partial charge in [-0.05, 0) is 0 Å². The van der Waals surface area contributed by atoms with Gasteiger partial charge >= 0.3 is 0 Å². The molecule has 2 aliphatic carbocycles. The lowest BCUT2D eigenvalue weighted by Crippen LogP contribution is -2.23. The van der Waals surface area contributed by atoms with Crippen molar-refractivity contribution in [1.82, 2.24) is 5.32 Å². The van der Waals surface area contributed by atoms with E-state index in [1.165, 1.54) is 0 Å². The van der Waals surface area contributed by atoms with E-state index in [2.05, 4.69) is 29.6 Å². The van der Waals surface area contributed by atoms with Crippen LogP contribution in [0.4, 0.5) is 0 Å². The molecule has 11 heavy (non-hydrogen) atoms. The molecular formula is C10H10N. The predicted octanol–water partition coefficient (Wildman–Crippen LogP) is 1.58. The van der Waals surface area contributed by atoms with Crippen molar-refractivity contribution in [3.63, 3.8) is 0 Å². The highest BCUT2D eigenvalue weighted by Crippen LogP contribution is 2.07. The largest absolute Gasteiger partial charge is 0.219 e. The average molecular weight is 144 g/mol. The molecule has 1 heteroatoms. The van der Waals surface area contributed by atoms with E-state index in [1.54, 1.807) is 0 Å². The molecule has 0 bridgehead atoms.